The third-order valence-electron chi connectivity index (χ3n) is 0.846. The van der Waals surface area contributed by atoms with Crippen LogP contribution in [-0.4, -0.2) is 23.7 Å². The van der Waals surface area contributed by atoms with E-state index >= 15 is 0 Å². The SMILES string of the molecule is CCCCS[SiH2][SiH3]. The number of rotatable bonds is 4. The zero-order chi connectivity index (χ0) is 5.54. The quantitative estimate of drug-likeness (QED) is 0.398. The second-order valence-electron chi connectivity index (χ2n) is 1.55. The Balaban J connectivity index is 2.45. The molecule has 44 valence electrons. The molecular formula is C4H14SSi2. The maximum absolute atomic E-state index is 2.26. The highest BCUT2D eigenvalue weighted by Gasteiger charge is 1.80. The van der Waals surface area contributed by atoms with Crippen LogP contribution in [0.4, 0.5) is 0 Å². The number of hydrogen-bond donors (Lipinski definition) is 0. The molecule has 7 heavy (non-hydrogen) atoms. The van der Waals surface area contributed by atoms with Crippen LogP contribution in [0.15, 0.2) is 0 Å². The summed E-state index contributed by atoms with van der Waals surface area (Å²) in [5.41, 5.74) is 0. The van der Waals surface area contributed by atoms with Gasteiger partial charge in [0.2, 0.25) is 0 Å². The maximum Gasteiger partial charge on any atom is 0.0677 e. The van der Waals surface area contributed by atoms with Crippen molar-refractivity contribution >= 4 is 29.2 Å². The van der Waals surface area contributed by atoms with Crippen LogP contribution in [-0.2, 0) is 0 Å². The molecular weight excluding hydrogens is 136 g/mol. The van der Waals surface area contributed by atoms with Gasteiger partial charge in [0.25, 0.3) is 0 Å². The second-order valence-corrected chi connectivity index (χ2v) is 11.1. The molecule has 0 aliphatic rings. The average molecular weight is 150 g/mol. The van der Waals surface area contributed by atoms with Gasteiger partial charge in [0.05, 0.1) is 8.19 Å². The highest BCUT2D eigenvalue weighted by Crippen LogP contribution is 1.98. The van der Waals surface area contributed by atoms with E-state index in [1.807, 2.05) is 0 Å². The lowest BCUT2D eigenvalue weighted by molar-refractivity contribution is 0.898. The molecule has 0 heterocycles. The maximum atomic E-state index is 2.26. The Hall–Kier alpha value is 0.784. The third-order valence-corrected chi connectivity index (χ3v) is 7.60. The normalized spacial score (nSPS) is 11.6. The molecule has 0 aromatic heterocycles. The molecule has 0 aliphatic carbocycles. The predicted octanol–water partition coefficient (Wildman–Crippen LogP) is -0.116. The van der Waals surface area contributed by atoms with Gasteiger partial charge < -0.3 is 0 Å². The Kier molecular flexibility index (Phi) is 7.54. The summed E-state index contributed by atoms with van der Waals surface area (Å²) in [6.07, 6.45) is 2.82. The molecule has 0 rings (SSSR count). The van der Waals surface area contributed by atoms with Gasteiger partial charge in [-0.2, -0.15) is 11.2 Å². The van der Waals surface area contributed by atoms with Crippen molar-refractivity contribution < 1.29 is 0 Å². The lowest BCUT2D eigenvalue weighted by Crippen LogP contribution is -1.83. The molecule has 0 amide bonds. The van der Waals surface area contributed by atoms with E-state index in [4.69, 9.17) is 0 Å². The summed E-state index contributed by atoms with van der Waals surface area (Å²) in [6, 6.07) is 0. The molecule has 0 unspecified atom stereocenters. The summed E-state index contributed by atoms with van der Waals surface area (Å²) in [5.74, 6) is 1.45. The average Bonchev–Trinajstić information content (AvgIpc) is 1.69. The van der Waals surface area contributed by atoms with E-state index in [0.29, 0.717) is 8.19 Å². The van der Waals surface area contributed by atoms with Crippen LogP contribution in [0.5, 0.6) is 0 Å². The summed E-state index contributed by atoms with van der Waals surface area (Å²) < 4.78 is 0. The molecule has 0 saturated heterocycles. The molecule has 0 radical (unpaired) electrons. The molecule has 0 aromatic rings. The third kappa shape index (κ3) is 6.78. The van der Waals surface area contributed by atoms with E-state index in [1.165, 1.54) is 28.4 Å². The summed E-state index contributed by atoms with van der Waals surface area (Å²) >= 11 is 2.23. The molecule has 0 fully saturated rings. The van der Waals surface area contributed by atoms with Gasteiger partial charge >= 0.3 is 0 Å². The molecule has 0 aliphatic heterocycles. The molecule has 0 nitrogen and oxygen atoms in total. The van der Waals surface area contributed by atoms with E-state index in [2.05, 4.69) is 18.1 Å². The summed E-state index contributed by atoms with van der Waals surface area (Å²) in [7, 11) is 1.96. The second kappa shape index (κ2) is 6.78. The first-order chi connectivity index (χ1) is 3.41. The van der Waals surface area contributed by atoms with Crippen molar-refractivity contribution in [2.24, 2.45) is 0 Å². The van der Waals surface area contributed by atoms with E-state index in [9.17, 15) is 0 Å². The van der Waals surface area contributed by atoms with Gasteiger partial charge in [-0.15, -0.1) is 0 Å². The van der Waals surface area contributed by atoms with Crippen LogP contribution < -0.4 is 0 Å². The molecule has 0 N–H and O–H groups in total. The Labute approximate surface area is 55.1 Å². The molecule has 0 aromatic carbocycles. The minimum absolute atomic E-state index is 0.449. The Bertz CT molecular complexity index is 28.9. The summed E-state index contributed by atoms with van der Waals surface area (Å²) in [6.45, 7) is 2.26. The van der Waals surface area contributed by atoms with Crippen molar-refractivity contribution in [3.63, 3.8) is 0 Å². The van der Waals surface area contributed by atoms with E-state index in [0.717, 1.165) is 0 Å². The van der Waals surface area contributed by atoms with Crippen molar-refractivity contribution in [3.8, 4) is 0 Å². The summed E-state index contributed by atoms with van der Waals surface area (Å²) in [4.78, 5) is 0. The van der Waals surface area contributed by atoms with E-state index < -0.39 is 0 Å². The first-order valence-corrected chi connectivity index (χ1v) is 11.5. The highest BCUT2D eigenvalue weighted by molar-refractivity contribution is 8.26. The smallest absolute Gasteiger partial charge is 0.0677 e. The summed E-state index contributed by atoms with van der Waals surface area (Å²) in [5, 5.41) is 0. The van der Waals surface area contributed by atoms with Crippen LogP contribution in [0.2, 0.25) is 0 Å². The van der Waals surface area contributed by atoms with Gasteiger partial charge in [-0.1, -0.05) is 13.3 Å². The molecule has 0 bridgehead atoms. The Morgan fingerprint density at radius 3 is 2.86 bits per heavy atom. The zero-order valence-corrected chi connectivity index (χ0v) is 9.47. The van der Waals surface area contributed by atoms with Crippen LogP contribution in [0.25, 0.3) is 0 Å². The van der Waals surface area contributed by atoms with Crippen LogP contribution in [0.1, 0.15) is 19.8 Å². The standard InChI is InChI=1S/C4H14SSi2/c1-2-3-4-5-7-6/h2-4,7H2,1,6H3. The fourth-order valence-electron chi connectivity index (χ4n) is 0.391. The first-order valence-electron chi connectivity index (χ1n) is 2.99. The van der Waals surface area contributed by atoms with E-state index in [-0.39, 0.29) is 0 Å². The van der Waals surface area contributed by atoms with E-state index in [1.54, 1.807) is 0 Å². The monoisotopic (exact) mass is 150 g/mol. The molecule has 3 heteroatoms. The highest BCUT2D eigenvalue weighted by atomic mass is 32.4. The van der Waals surface area contributed by atoms with Crippen LogP contribution in [0, 0.1) is 0 Å². The van der Waals surface area contributed by atoms with Crippen molar-refractivity contribution in [1.29, 1.82) is 0 Å². The van der Waals surface area contributed by atoms with Gasteiger partial charge in [0, 0.05) is 9.76 Å². The predicted molar refractivity (Wildman–Crippen MR) is 45.8 cm³/mol. The van der Waals surface area contributed by atoms with Gasteiger partial charge in [-0.05, 0) is 12.2 Å². The zero-order valence-electron chi connectivity index (χ0n) is 5.24. The largest absolute Gasteiger partial charge is 0.198 e. The topological polar surface area (TPSA) is 0 Å². The first kappa shape index (κ1) is 7.78. The fourth-order valence-corrected chi connectivity index (χ4v) is 5.25. The van der Waals surface area contributed by atoms with Crippen molar-refractivity contribution in [3.05, 3.63) is 0 Å². The lowest BCUT2D eigenvalue weighted by Gasteiger charge is -1.91. The van der Waals surface area contributed by atoms with Crippen LogP contribution in [0.3, 0.4) is 0 Å². The molecule has 0 atom stereocenters. The van der Waals surface area contributed by atoms with Crippen molar-refractivity contribution in [2.75, 3.05) is 5.75 Å². The van der Waals surface area contributed by atoms with Crippen molar-refractivity contribution in [2.45, 2.75) is 19.8 Å². The lowest BCUT2D eigenvalue weighted by atomic mass is 10.4. The van der Waals surface area contributed by atoms with Crippen LogP contribution >= 0.6 is 11.2 Å². The number of hydrogen-bond acceptors (Lipinski definition) is 1. The molecule has 0 spiro atoms. The van der Waals surface area contributed by atoms with Gasteiger partial charge in [-0.3, -0.25) is 0 Å². The van der Waals surface area contributed by atoms with Crippen molar-refractivity contribution in [1.82, 2.24) is 0 Å². The van der Waals surface area contributed by atoms with Gasteiger partial charge in [-0.25, -0.2) is 0 Å². The van der Waals surface area contributed by atoms with Gasteiger partial charge in [0.15, 0.2) is 0 Å². The minimum Gasteiger partial charge on any atom is -0.198 e. The Morgan fingerprint density at radius 1 is 1.71 bits per heavy atom. The fraction of sp³-hybridized carbons (Fsp3) is 1.00. The van der Waals surface area contributed by atoms with Gasteiger partial charge in [0.1, 0.15) is 0 Å². The Morgan fingerprint density at radius 2 is 2.43 bits per heavy atom. The number of unbranched alkanes of at least 4 members (excludes halogenated alkanes) is 1. The molecule has 0 saturated carbocycles. The minimum atomic E-state index is 0.449.